The van der Waals surface area contributed by atoms with Crippen molar-refractivity contribution >= 4 is 22.8 Å². The molecule has 0 fully saturated rings. The summed E-state index contributed by atoms with van der Waals surface area (Å²) < 4.78 is 0. The van der Waals surface area contributed by atoms with Crippen LogP contribution < -0.4 is 5.32 Å². The van der Waals surface area contributed by atoms with E-state index in [2.05, 4.69) is 5.32 Å². The first-order valence-corrected chi connectivity index (χ1v) is 5.05. The summed E-state index contributed by atoms with van der Waals surface area (Å²) in [6.07, 6.45) is 1.04. The van der Waals surface area contributed by atoms with E-state index in [1.807, 2.05) is 30.3 Å². The zero-order valence-electron chi connectivity index (χ0n) is 8.20. The number of aryl methyl sites for hydroxylation is 1. The standard InChI is InChI=1S/C11H12ClNO2/c12-10(14)8-13-11(15)7-6-9-4-2-1-3-5-9/h1-5H,6-8H2,(H,13,15). The Morgan fingerprint density at radius 2 is 1.87 bits per heavy atom. The van der Waals surface area contributed by atoms with E-state index in [9.17, 15) is 9.59 Å². The number of carbonyl (C=O) groups excluding carboxylic acids is 2. The molecule has 1 N–H and O–H groups in total. The minimum Gasteiger partial charge on any atom is -0.348 e. The fourth-order valence-corrected chi connectivity index (χ4v) is 1.23. The first-order chi connectivity index (χ1) is 7.18. The van der Waals surface area contributed by atoms with Gasteiger partial charge in [0.15, 0.2) is 0 Å². The van der Waals surface area contributed by atoms with Gasteiger partial charge in [-0.05, 0) is 23.6 Å². The van der Waals surface area contributed by atoms with E-state index in [0.29, 0.717) is 12.8 Å². The molecule has 0 bridgehead atoms. The van der Waals surface area contributed by atoms with Crippen LogP contribution in [0.1, 0.15) is 12.0 Å². The van der Waals surface area contributed by atoms with E-state index >= 15 is 0 Å². The maximum absolute atomic E-state index is 11.2. The Morgan fingerprint density at radius 3 is 2.47 bits per heavy atom. The Labute approximate surface area is 93.4 Å². The maximum Gasteiger partial charge on any atom is 0.240 e. The summed E-state index contributed by atoms with van der Waals surface area (Å²) in [5, 5.41) is 1.88. The van der Waals surface area contributed by atoms with Crippen LogP contribution in [-0.4, -0.2) is 17.7 Å². The smallest absolute Gasteiger partial charge is 0.240 e. The Balaban J connectivity index is 2.26. The highest BCUT2D eigenvalue weighted by Crippen LogP contribution is 2.01. The van der Waals surface area contributed by atoms with Crippen molar-refractivity contribution in [1.82, 2.24) is 5.32 Å². The van der Waals surface area contributed by atoms with Gasteiger partial charge in [0.05, 0.1) is 6.54 Å². The third-order valence-corrected chi connectivity index (χ3v) is 2.04. The van der Waals surface area contributed by atoms with Crippen molar-refractivity contribution in [2.45, 2.75) is 12.8 Å². The first-order valence-electron chi connectivity index (χ1n) is 4.67. The summed E-state index contributed by atoms with van der Waals surface area (Å²) in [4.78, 5) is 21.6. The number of amides is 1. The van der Waals surface area contributed by atoms with Gasteiger partial charge in [-0.15, -0.1) is 0 Å². The van der Waals surface area contributed by atoms with Crippen molar-refractivity contribution in [3.8, 4) is 0 Å². The molecular weight excluding hydrogens is 214 g/mol. The van der Waals surface area contributed by atoms with Crippen LogP contribution in [0.25, 0.3) is 0 Å². The summed E-state index contributed by atoms with van der Waals surface area (Å²) >= 11 is 5.09. The Bertz CT molecular complexity index is 338. The molecular formula is C11H12ClNO2. The molecule has 0 atom stereocenters. The lowest BCUT2D eigenvalue weighted by molar-refractivity contribution is -0.123. The lowest BCUT2D eigenvalue weighted by atomic mass is 10.1. The molecule has 0 unspecified atom stereocenters. The van der Waals surface area contributed by atoms with Crippen molar-refractivity contribution in [3.05, 3.63) is 35.9 Å². The van der Waals surface area contributed by atoms with Gasteiger partial charge in [0.25, 0.3) is 0 Å². The molecule has 0 aliphatic carbocycles. The summed E-state index contributed by atoms with van der Waals surface area (Å²) in [6, 6.07) is 9.70. The topological polar surface area (TPSA) is 46.2 Å². The largest absolute Gasteiger partial charge is 0.348 e. The minimum atomic E-state index is -0.553. The third kappa shape index (κ3) is 5.18. The molecule has 0 saturated carbocycles. The second kappa shape index (κ2) is 6.19. The van der Waals surface area contributed by atoms with E-state index in [1.165, 1.54) is 0 Å². The zero-order valence-corrected chi connectivity index (χ0v) is 8.96. The molecule has 0 heterocycles. The Morgan fingerprint density at radius 1 is 1.20 bits per heavy atom. The van der Waals surface area contributed by atoms with E-state index in [1.54, 1.807) is 0 Å². The fourth-order valence-electron chi connectivity index (χ4n) is 1.16. The summed E-state index contributed by atoms with van der Waals surface area (Å²) in [5.41, 5.74) is 1.10. The van der Waals surface area contributed by atoms with Crippen molar-refractivity contribution < 1.29 is 9.59 Å². The molecule has 80 valence electrons. The lowest BCUT2D eigenvalue weighted by Crippen LogP contribution is -2.27. The first kappa shape index (κ1) is 11.7. The zero-order chi connectivity index (χ0) is 11.1. The predicted molar refractivity (Wildman–Crippen MR) is 58.6 cm³/mol. The van der Waals surface area contributed by atoms with E-state index < -0.39 is 5.24 Å². The molecule has 0 radical (unpaired) electrons. The lowest BCUT2D eigenvalue weighted by Gasteiger charge is -2.02. The predicted octanol–water partition coefficient (Wildman–Crippen LogP) is 1.50. The highest BCUT2D eigenvalue weighted by Gasteiger charge is 2.03. The molecule has 15 heavy (non-hydrogen) atoms. The number of hydrogen-bond donors (Lipinski definition) is 1. The van der Waals surface area contributed by atoms with Gasteiger partial charge < -0.3 is 5.32 Å². The second-order valence-corrected chi connectivity index (χ2v) is 3.54. The number of nitrogens with one attached hydrogen (secondary N) is 1. The van der Waals surface area contributed by atoms with Gasteiger partial charge >= 0.3 is 0 Å². The SMILES string of the molecule is O=C(Cl)CNC(=O)CCc1ccccc1. The molecule has 3 nitrogen and oxygen atoms in total. The third-order valence-electron chi connectivity index (χ3n) is 1.91. The van der Waals surface area contributed by atoms with Crippen molar-refractivity contribution in [3.63, 3.8) is 0 Å². The number of rotatable bonds is 5. The van der Waals surface area contributed by atoms with Crippen molar-refractivity contribution in [2.24, 2.45) is 0 Å². The normalized spacial score (nSPS) is 9.67. The van der Waals surface area contributed by atoms with Crippen LogP contribution in [0.4, 0.5) is 0 Å². The van der Waals surface area contributed by atoms with Crippen LogP contribution in [0.15, 0.2) is 30.3 Å². The van der Waals surface area contributed by atoms with Crippen LogP contribution in [-0.2, 0) is 16.0 Å². The van der Waals surface area contributed by atoms with Gasteiger partial charge in [0.1, 0.15) is 0 Å². The van der Waals surface area contributed by atoms with E-state index in [0.717, 1.165) is 5.56 Å². The number of carbonyl (C=O) groups is 2. The van der Waals surface area contributed by atoms with Crippen molar-refractivity contribution in [2.75, 3.05) is 6.54 Å². The summed E-state index contributed by atoms with van der Waals surface area (Å²) in [5.74, 6) is -0.159. The molecule has 1 rings (SSSR count). The molecule has 1 aromatic carbocycles. The number of benzene rings is 1. The molecule has 0 aromatic heterocycles. The van der Waals surface area contributed by atoms with Crippen LogP contribution >= 0.6 is 11.6 Å². The molecule has 0 aliphatic heterocycles. The van der Waals surface area contributed by atoms with E-state index in [4.69, 9.17) is 11.6 Å². The van der Waals surface area contributed by atoms with Crippen LogP contribution in [0.5, 0.6) is 0 Å². The van der Waals surface area contributed by atoms with Gasteiger partial charge in [-0.25, -0.2) is 0 Å². The monoisotopic (exact) mass is 225 g/mol. The van der Waals surface area contributed by atoms with E-state index in [-0.39, 0.29) is 12.5 Å². The Kier molecular flexibility index (Phi) is 4.84. The number of hydrogen-bond acceptors (Lipinski definition) is 2. The highest BCUT2D eigenvalue weighted by atomic mass is 35.5. The quantitative estimate of drug-likeness (QED) is 0.772. The van der Waals surface area contributed by atoms with Crippen molar-refractivity contribution in [1.29, 1.82) is 0 Å². The van der Waals surface area contributed by atoms with Gasteiger partial charge in [-0.2, -0.15) is 0 Å². The number of halogens is 1. The second-order valence-electron chi connectivity index (χ2n) is 3.12. The van der Waals surface area contributed by atoms with Gasteiger partial charge in [0, 0.05) is 6.42 Å². The fraction of sp³-hybridized carbons (Fsp3) is 0.273. The van der Waals surface area contributed by atoms with Gasteiger partial charge in [-0.3, -0.25) is 9.59 Å². The van der Waals surface area contributed by atoms with Gasteiger partial charge in [0.2, 0.25) is 11.1 Å². The highest BCUT2D eigenvalue weighted by molar-refractivity contribution is 6.64. The molecule has 1 aromatic rings. The maximum atomic E-state index is 11.2. The van der Waals surface area contributed by atoms with Crippen LogP contribution in [0, 0.1) is 0 Å². The molecule has 4 heteroatoms. The average molecular weight is 226 g/mol. The summed E-state index contributed by atoms with van der Waals surface area (Å²) in [7, 11) is 0. The average Bonchev–Trinajstić information content (AvgIpc) is 2.25. The summed E-state index contributed by atoms with van der Waals surface area (Å²) in [6.45, 7) is -0.102. The molecule has 1 amide bonds. The van der Waals surface area contributed by atoms with Crippen LogP contribution in [0.3, 0.4) is 0 Å². The van der Waals surface area contributed by atoms with Gasteiger partial charge in [-0.1, -0.05) is 30.3 Å². The molecule has 0 saturated heterocycles. The Hall–Kier alpha value is -1.35. The van der Waals surface area contributed by atoms with Crippen LogP contribution in [0.2, 0.25) is 0 Å². The molecule has 0 spiro atoms. The minimum absolute atomic E-state index is 0.102. The molecule has 0 aliphatic rings.